The van der Waals surface area contributed by atoms with Crippen molar-refractivity contribution in [2.45, 2.75) is 11.3 Å². The monoisotopic (exact) mass is 251 g/mol. The molecule has 4 nitrogen and oxygen atoms in total. The fourth-order valence-corrected chi connectivity index (χ4v) is 2.71. The van der Waals surface area contributed by atoms with Gasteiger partial charge in [0.1, 0.15) is 0 Å². The lowest BCUT2D eigenvalue weighted by atomic mass is 10.2. The Morgan fingerprint density at radius 1 is 1.38 bits per heavy atom. The van der Waals surface area contributed by atoms with Crippen LogP contribution in [0.2, 0.25) is 0 Å². The van der Waals surface area contributed by atoms with Gasteiger partial charge in [-0.1, -0.05) is 11.8 Å². The largest absolute Gasteiger partial charge is 0.275 e. The van der Waals surface area contributed by atoms with Crippen molar-refractivity contribution in [3.63, 3.8) is 0 Å². The molecule has 0 atom stereocenters. The second-order valence-corrected chi connectivity index (χ2v) is 5.09. The van der Waals surface area contributed by atoms with Crippen LogP contribution in [0, 0.1) is 6.92 Å². The molecule has 0 aliphatic rings. The molecule has 0 amide bonds. The number of hydrogen-bond donors (Lipinski definition) is 0. The Bertz CT molecular complexity index is 554. The van der Waals surface area contributed by atoms with E-state index >= 15 is 0 Å². The summed E-state index contributed by atoms with van der Waals surface area (Å²) in [5, 5.41) is 0. The average molecular weight is 251 g/mol. The van der Waals surface area contributed by atoms with Gasteiger partial charge in [-0.25, -0.2) is 0 Å². The van der Waals surface area contributed by atoms with Gasteiger partial charge in [-0.3, -0.25) is 14.8 Å². The zero-order valence-corrected chi connectivity index (χ0v) is 10.4. The van der Waals surface area contributed by atoms with E-state index in [0.29, 0.717) is 5.56 Å². The predicted octanol–water partition coefficient (Wildman–Crippen LogP) is 1.99. The highest BCUT2D eigenvalue weighted by atomic mass is 32.2. The number of hydrogen-bond acceptors (Lipinski definition) is 6. The minimum Gasteiger partial charge on any atom is -0.267 e. The van der Waals surface area contributed by atoms with Crippen molar-refractivity contribution in [1.29, 1.82) is 0 Å². The second kappa shape index (κ2) is 4.71. The zero-order chi connectivity index (χ0) is 11.5. The highest BCUT2D eigenvalue weighted by Crippen LogP contribution is 2.28. The van der Waals surface area contributed by atoms with Gasteiger partial charge in [0.25, 0.3) is 5.56 Å². The predicted molar refractivity (Wildman–Crippen MR) is 65.9 cm³/mol. The van der Waals surface area contributed by atoms with Crippen LogP contribution in [0.3, 0.4) is 0 Å². The molecule has 0 bridgehead atoms. The maximum Gasteiger partial charge on any atom is 0.275 e. The summed E-state index contributed by atoms with van der Waals surface area (Å²) in [6.07, 6.45) is 6.78. The van der Waals surface area contributed by atoms with Crippen LogP contribution in [-0.2, 0) is 0 Å². The Labute approximate surface area is 101 Å². The van der Waals surface area contributed by atoms with Crippen LogP contribution in [0.25, 0.3) is 10.6 Å². The van der Waals surface area contributed by atoms with Crippen LogP contribution >= 0.6 is 23.1 Å². The van der Waals surface area contributed by atoms with E-state index in [9.17, 15) is 4.79 Å². The first kappa shape index (κ1) is 11.2. The van der Waals surface area contributed by atoms with Crippen LogP contribution in [0.1, 0.15) is 5.56 Å². The molecule has 2 heterocycles. The van der Waals surface area contributed by atoms with E-state index in [1.165, 1.54) is 23.1 Å². The first-order chi connectivity index (χ1) is 7.72. The minimum atomic E-state index is -0.191. The molecule has 0 aliphatic heterocycles. The second-order valence-electron chi connectivity index (χ2n) is 3.03. The Morgan fingerprint density at radius 2 is 2.19 bits per heavy atom. The molecule has 16 heavy (non-hydrogen) atoms. The van der Waals surface area contributed by atoms with E-state index < -0.39 is 0 Å². The quantitative estimate of drug-likeness (QED) is 0.764. The summed E-state index contributed by atoms with van der Waals surface area (Å²) >= 11 is 2.93. The third kappa shape index (κ3) is 2.12. The lowest BCUT2D eigenvalue weighted by Crippen LogP contribution is -2.10. The summed E-state index contributed by atoms with van der Waals surface area (Å²) in [5.41, 5.74) is 1.16. The van der Waals surface area contributed by atoms with Crippen molar-refractivity contribution in [2.75, 3.05) is 6.26 Å². The van der Waals surface area contributed by atoms with Gasteiger partial charge in [0, 0.05) is 18.0 Å². The Hall–Kier alpha value is -1.27. The van der Waals surface area contributed by atoms with Crippen LogP contribution in [0.5, 0.6) is 0 Å². The summed E-state index contributed by atoms with van der Waals surface area (Å²) < 4.78 is 0.747. The molecule has 0 unspecified atom stereocenters. The molecule has 0 aromatic carbocycles. The first-order valence-corrected chi connectivity index (χ1v) is 6.58. The van der Waals surface area contributed by atoms with E-state index in [4.69, 9.17) is 0 Å². The van der Waals surface area contributed by atoms with E-state index in [2.05, 4.69) is 15.0 Å². The zero-order valence-electron chi connectivity index (χ0n) is 8.80. The lowest BCUT2D eigenvalue weighted by molar-refractivity contribution is 1.11. The van der Waals surface area contributed by atoms with Gasteiger partial charge in [0.2, 0.25) is 0 Å². The van der Waals surface area contributed by atoms with Gasteiger partial charge in [-0.2, -0.15) is 4.98 Å². The highest BCUT2D eigenvalue weighted by Gasteiger charge is 2.10. The molecule has 0 aliphatic carbocycles. The minimum absolute atomic E-state index is 0.191. The summed E-state index contributed by atoms with van der Waals surface area (Å²) in [4.78, 5) is 24.6. The topological polar surface area (TPSA) is 55.7 Å². The fourth-order valence-electron chi connectivity index (χ4n) is 1.20. The number of rotatable bonds is 2. The molecule has 2 aromatic rings. The van der Waals surface area contributed by atoms with Crippen LogP contribution in [0.15, 0.2) is 27.7 Å². The van der Waals surface area contributed by atoms with Crippen LogP contribution in [-0.4, -0.2) is 21.2 Å². The molecule has 0 spiro atoms. The molecule has 0 fully saturated rings. The van der Waals surface area contributed by atoms with Crippen molar-refractivity contribution in [3.8, 4) is 10.6 Å². The summed E-state index contributed by atoms with van der Waals surface area (Å²) in [5.74, 6) is 0. The van der Waals surface area contributed by atoms with Crippen LogP contribution < -0.4 is 5.56 Å². The molecule has 0 N–H and O–H groups in total. The van der Waals surface area contributed by atoms with Crippen molar-refractivity contribution < 1.29 is 0 Å². The Kier molecular flexibility index (Phi) is 3.31. The lowest BCUT2D eigenvalue weighted by Gasteiger charge is -2.03. The molecule has 82 valence electrons. The summed E-state index contributed by atoms with van der Waals surface area (Å²) in [6.45, 7) is 1.76. The summed E-state index contributed by atoms with van der Waals surface area (Å²) in [6, 6.07) is 0. The van der Waals surface area contributed by atoms with Gasteiger partial charge in [-0.05, 0) is 13.2 Å². The van der Waals surface area contributed by atoms with Gasteiger partial charge in [-0.15, -0.1) is 11.3 Å². The van der Waals surface area contributed by atoms with Crippen molar-refractivity contribution in [2.24, 2.45) is 0 Å². The van der Waals surface area contributed by atoms with Crippen molar-refractivity contribution >= 4 is 23.1 Å². The molecule has 2 aromatic heterocycles. The van der Waals surface area contributed by atoms with E-state index in [1.54, 1.807) is 25.5 Å². The van der Waals surface area contributed by atoms with Gasteiger partial charge >= 0.3 is 0 Å². The average Bonchev–Trinajstić information content (AvgIpc) is 2.33. The molecule has 2 rings (SSSR count). The molecular weight excluding hydrogens is 242 g/mol. The van der Waals surface area contributed by atoms with Gasteiger partial charge in [0.15, 0.2) is 4.34 Å². The third-order valence-corrected chi connectivity index (χ3v) is 4.19. The molecule has 0 radical (unpaired) electrons. The smallest absolute Gasteiger partial charge is 0.267 e. The van der Waals surface area contributed by atoms with Gasteiger partial charge < -0.3 is 0 Å². The number of aromatic nitrogens is 3. The molecular formula is C10H9N3OS2. The molecule has 0 saturated heterocycles. The highest BCUT2D eigenvalue weighted by molar-refractivity contribution is 8.00. The number of nitrogens with zero attached hydrogens (tertiary/aromatic N) is 3. The first-order valence-electron chi connectivity index (χ1n) is 4.54. The Morgan fingerprint density at radius 3 is 2.81 bits per heavy atom. The third-order valence-electron chi connectivity index (χ3n) is 2.01. The standard InChI is InChI=1S/C10H9N3OS2/c1-6-8(7-5-11-3-4-12-7)16-10(15-2)13-9(6)14/h3-5H,1-2H3. The van der Waals surface area contributed by atoms with Crippen molar-refractivity contribution in [1.82, 2.24) is 15.0 Å². The maximum atomic E-state index is 11.6. The summed E-state index contributed by atoms with van der Waals surface area (Å²) in [7, 11) is 0. The number of thioether (sulfide) groups is 1. The van der Waals surface area contributed by atoms with Gasteiger partial charge in [0.05, 0.1) is 16.8 Å². The normalized spacial score (nSPS) is 10.4. The van der Waals surface area contributed by atoms with E-state index in [1.807, 2.05) is 6.26 Å². The van der Waals surface area contributed by atoms with Crippen molar-refractivity contribution in [3.05, 3.63) is 34.5 Å². The van der Waals surface area contributed by atoms with Crippen LogP contribution in [0.4, 0.5) is 0 Å². The van der Waals surface area contributed by atoms with E-state index in [0.717, 1.165) is 14.9 Å². The maximum absolute atomic E-state index is 11.6. The SMILES string of the molecule is CSc1nc(=O)c(C)c(-c2cnccn2)s1. The van der Waals surface area contributed by atoms with E-state index in [-0.39, 0.29) is 5.56 Å². The molecule has 6 heteroatoms. The Balaban J connectivity index is 2.65. The molecule has 0 saturated carbocycles. The fraction of sp³-hybridized carbons (Fsp3) is 0.200.